The smallest absolute Gasteiger partial charge is 0.407 e. The topological polar surface area (TPSA) is 129 Å². The van der Waals surface area contributed by atoms with Crippen molar-refractivity contribution in [2.24, 2.45) is 11.7 Å². The van der Waals surface area contributed by atoms with E-state index in [-0.39, 0.29) is 35.2 Å². The molecule has 1 amide bonds. The fraction of sp³-hybridized carbons (Fsp3) is 0.438. The number of amides is 1. The Labute approximate surface area is 254 Å². The predicted molar refractivity (Wildman–Crippen MR) is 161 cm³/mol. The zero-order valence-corrected chi connectivity index (χ0v) is 25.0. The molecule has 4 atom stereocenters. The molecule has 4 N–H and O–H groups in total. The minimum Gasteiger partial charge on any atom is -0.453 e. The van der Waals surface area contributed by atoms with Gasteiger partial charge >= 0.3 is 6.09 Å². The quantitative estimate of drug-likeness (QED) is 0.241. The van der Waals surface area contributed by atoms with E-state index in [2.05, 4.69) is 32.6 Å². The number of alkyl carbamates (subject to hydrolysis) is 1. The lowest BCUT2D eigenvalue weighted by Crippen LogP contribution is -2.54. The third-order valence-corrected chi connectivity index (χ3v) is 9.31. The molecule has 0 unspecified atom stereocenters. The van der Waals surface area contributed by atoms with E-state index in [1.54, 1.807) is 37.8 Å². The number of methoxy groups -OCH3 is 2. The maximum Gasteiger partial charge on any atom is 0.407 e. The number of aromatic nitrogens is 4. The van der Waals surface area contributed by atoms with Crippen LogP contribution in [0.5, 0.6) is 0 Å². The highest BCUT2D eigenvalue weighted by molar-refractivity contribution is 5.68. The summed E-state index contributed by atoms with van der Waals surface area (Å²) in [5, 5.41) is 10.8. The van der Waals surface area contributed by atoms with Crippen LogP contribution in [0.25, 0.3) is 16.8 Å². The first-order valence-electron chi connectivity index (χ1n) is 14.9. The molecule has 232 valence electrons. The largest absolute Gasteiger partial charge is 0.453 e. The van der Waals surface area contributed by atoms with E-state index in [1.807, 2.05) is 6.07 Å². The number of carbonyl (C=O) groups is 1. The molecule has 0 spiro atoms. The van der Waals surface area contributed by atoms with E-state index in [0.29, 0.717) is 23.4 Å². The number of ether oxygens (including phenoxy) is 2. The minimum atomic E-state index is -0.693. The summed E-state index contributed by atoms with van der Waals surface area (Å²) < 4.78 is 43.1. The number of nitrogens with two attached hydrogens (primary N) is 1. The Morgan fingerprint density at radius 3 is 2.52 bits per heavy atom. The molecule has 44 heavy (non-hydrogen) atoms. The number of benzene rings is 1. The number of pyridine rings is 1. The summed E-state index contributed by atoms with van der Waals surface area (Å²) in [6, 6.07) is 7.51. The van der Waals surface area contributed by atoms with Gasteiger partial charge in [0.2, 0.25) is 5.95 Å². The second kappa shape index (κ2) is 12.1. The maximum atomic E-state index is 15.5. The van der Waals surface area contributed by atoms with E-state index < -0.39 is 23.3 Å². The average Bonchev–Trinajstić information content (AvgIpc) is 3.67. The summed E-state index contributed by atoms with van der Waals surface area (Å²) >= 11 is 0. The van der Waals surface area contributed by atoms with Crippen LogP contribution < -0.4 is 16.4 Å². The molecule has 3 heterocycles. The van der Waals surface area contributed by atoms with Gasteiger partial charge in [-0.1, -0.05) is 19.8 Å². The van der Waals surface area contributed by atoms with E-state index in [1.165, 1.54) is 23.8 Å². The van der Waals surface area contributed by atoms with Crippen molar-refractivity contribution in [3.05, 3.63) is 71.7 Å². The Hall–Kier alpha value is -4.16. The number of rotatable bonds is 7. The van der Waals surface area contributed by atoms with Gasteiger partial charge in [0.15, 0.2) is 0 Å². The Balaban J connectivity index is 1.28. The molecular formula is C32H37F2N7O3. The Morgan fingerprint density at radius 2 is 1.84 bits per heavy atom. The number of imidazole rings is 1. The molecule has 3 aromatic heterocycles. The summed E-state index contributed by atoms with van der Waals surface area (Å²) in [7, 11) is 2.92. The van der Waals surface area contributed by atoms with E-state index in [9.17, 15) is 4.79 Å². The second-order valence-electron chi connectivity index (χ2n) is 11.9. The van der Waals surface area contributed by atoms with Crippen molar-refractivity contribution >= 4 is 23.2 Å². The van der Waals surface area contributed by atoms with Crippen molar-refractivity contribution in [3.8, 4) is 11.3 Å². The van der Waals surface area contributed by atoms with E-state index in [0.717, 1.165) is 43.4 Å². The molecule has 0 saturated heterocycles. The van der Waals surface area contributed by atoms with Gasteiger partial charge in [-0.3, -0.25) is 4.98 Å². The molecular weight excluding hydrogens is 568 g/mol. The lowest BCUT2D eigenvalue weighted by molar-refractivity contribution is -0.00914. The van der Waals surface area contributed by atoms with Gasteiger partial charge in [-0.25, -0.2) is 18.6 Å². The molecule has 2 fully saturated rings. The Bertz CT molecular complexity index is 1640. The number of hydrogen-bond donors (Lipinski definition) is 3. The summed E-state index contributed by atoms with van der Waals surface area (Å²) in [5.74, 6) is -0.822. The highest BCUT2D eigenvalue weighted by Crippen LogP contribution is 2.43. The third-order valence-electron chi connectivity index (χ3n) is 9.31. The monoisotopic (exact) mass is 605 g/mol. The first-order chi connectivity index (χ1) is 21.2. The number of anilines is 2. The highest BCUT2D eigenvalue weighted by atomic mass is 19.1. The molecule has 6 rings (SSSR count). The maximum absolute atomic E-state index is 15.5. The SMILES string of the molecule is COC(=O)N[C@@H]1[C@H](N)C[C@H](c2ccncc2Nc2ncc3ccc(-c4c(F)cc(C5(OC)CCCC5)cc4F)nn23)C[C@@H]1C. The van der Waals surface area contributed by atoms with Gasteiger partial charge in [0.05, 0.1) is 47.6 Å². The number of hydrogen-bond acceptors (Lipinski definition) is 8. The zero-order valence-electron chi connectivity index (χ0n) is 25.0. The summed E-state index contributed by atoms with van der Waals surface area (Å²) in [5.41, 5.74) is 8.66. The van der Waals surface area contributed by atoms with Crippen molar-refractivity contribution < 1.29 is 23.0 Å². The molecule has 1 aromatic carbocycles. The third kappa shape index (κ3) is 5.48. The summed E-state index contributed by atoms with van der Waals surface area (Å²) in [4.78, 5) is 20.6. The molecule has 10 nitrogen and oxygen atoms in total. The van der Waals surface area contributed by atoms with Crippen molar-refractivity contribution in [3.63, 3.8) is 0 Å². The van der Waals surface area contributed by atoms with Gasteiger partial charge < -0.3 is 25.8 Å². The van der Waals surface area contributed by atoms with Gasteiger partial charge in [-0.15, -0.1) is 0 Å². The van der Waals surface area contributed by atoms with Crippen LogP contribution in [0, 0.1) is 17.6 Å². The average molecular weight is 606 g/mol. The van der Waals surface area contributed by atoms with E-state index >= 15 is 8.78 Å². The van der Waals surface area contributed by atoms with Crippen LogP contribution in [0.15, 0.2) is 48.9 Å². The normalized spacial score (nSPS) is 23.0. The molecule has 2 saturated carbocycles. The molecule has 0 aliphatic heterocycles. The standard InChI is InChI=1S/C32H37F2N7O3/c1-18-12-19(13-25(35)29(18)39-31(42)43-2)22-8-11-36-17-27(22)38-30-37-16-21-6-7-26(40-41(21)30)28-23(33)14-20(15-24(28)34)32(44-3)9-4-5-10-32/h6-8,11,14-19,25,29H,4-5,9-10,12-13,35H2,1-3H3,(H,37,38)(H,39,42)/t18-,19+,25+,29-/m0/s1. The lowest BCUT2D eigenvalue weighted by Gasteiger charge is -2.39. The first kappa shape index (κ1) is 29.9. The molecule has 0 radical (unpaired) electrons. The van der Waals surface area contributed by atoms with Gasteiger partial charge in [0, 0.05) is 25.4 Å². The zero-order chi connectivity index (χ0) is 31.0. The van der Waals surface area contributed by atoms with Crippen LogP contribution in [-0.2, 0) is 15.1 Å². The number of nitrogens with zero attached hydrogens (tertiary/aromatic N) is 4. The fourth-order valence-corrected chi connectivity index (χ4v) is 7.01. The van der Waals surface area contributed by atoms with E-state index in [4.69, 9.17) is 15.2 Å². The van der Waals surface area contributed by atoms with Crippen LogP contribution in [0.3, 0.4) is 0 Å². The highest BCUT2D eigenvalue weighted by Gasteiger charge is 2.38. The van der Waals surface area contributed by atoms with Gasteiger partial charge in [-0.2, -0.15) is 9.61 Å². The number of carbonyl (C=O) groups excluding carboxylic acids is 1. The first-order valence-corrected chi connectivity index (χ1v) is 14.9. The number of nitrogens with one attached hydrogen (secondary N) is 2. The van der Waals surface area contributed by atoms with Crippen LogP contribution in [0.4, 0.5) is 25.2 Å². The van der Waals surface area contributed by atoms with Crippen LogP contribution in [-0.4, -0.2) is 52.0 Å². The number of halogens is 2. The summed E-state index contributed by atoms with van der Waals surface area (Å²) in [6.07, 6.45) is 9.35. The van der Waals surface area contributed by atoms with Crippen LogP contribution in [0.2, 0.25) is 0 Å². The molecule has 0 bridgehead atoms. The predicted octanol–water partition coefficient (Wildman–Crippen LogP) is 5.79. The molecule has 12 heteroatoms. The van der Waals surface area contributed by atoms with Crippen molar-refractivity contribution in [1.82, 2.24) is 24.9 Å². The minimum absolute atomic E-state index is 0.0907. The van der Waals surface area contributed by atoms with Crippen molar-refractivity contribution in [2.45, 2.75) is 69.1 Å². The van der Waals surface area contributed by atoms with Crippen LogP contribution >= 0.6 is 0 Å². The molecule has 2 aliphatic rings. The van der Waals surface area contributed by atoms with Crippen molar-refractivity contribution in [1.29, 1.82) is 0 Å². The van der Waals surface area contributed by atoms with Gasteiger partial charge in [-0.05, 0) is 79.0 Å². The Kier molecular flexibility index (Phi) is 8.21. The molecule has 4 aromatic rings. The van der Waals surface area contributed by atoms with Crippen LogP contribution in [0.1, 0.15) is 62.5 Å². The molecule has 2 aliphatic carbocycles. The fourth-order valence-electron chi connectivity index (χ4n) is 7.01. The second-order valence-corrected chi connectivity index (χ2v) is 11.9. The van der Waals surface area contributed by atoms with Gasteiger partial charge in [0.1, 0.15) is 11.6 Å². The lowest BCUT2D eigenvalue weighted by atomic mass is 9.73. The van der Waals surface area contributed by atoms with Gasteiger partial charge in [0.25, 0.3) is 0 Å². The summed E-state index contributed by atoms with van der Waals surface area (Å²) in [6.45, 7) is 2.06. The van der Waals surface area contributed by atoms with Crippen molar-refractivity contribution in [2.75, 3.05) is 19.5 Å². The number of fused-ring (bicyclic) bond motifs is 1. The Morgan fingerprint density at radius 1 is 1.09 bits per heavy atom.